The molecule has 0 atom stereocenters. The molecule has 0 aliphatic carbocycles. The Kier molecular flexibility index (Phi) is 17.6. The Balaban J connectivity index is 0.000000179. The standard InChI is InChI=1S/C32H18N8.4C15H16O.Cu/c1-2-10-18-17(9-1)25-33-26(18)38-28-21-13-5-6-14-22(21)30(35-28)40-32-24-16-8-7-15-23(24)31(36-32)39-29-20-12-4-3-11-19(20)27(34-29)37-25;4*1-15(2,12-8-4-3-5-9-12)13-10-6-7-11-14(13)16;/h1-16H,(H2,33,34,35,36,37,38,39,40);4*3-11,16H,1-2H3;/q;;;;;+4/p-4. The van der Waals surface area contributed by atoms with Crippen molar-refractivity contribution in [3.63, 3.8) is 0 Å². The molecule has 0 saturated heterocycles. The maximum atomic E-state index is 7.58. The van der Waals surface area contributed by atoms with E-state index in [2.05, 4.69) is 211 Å². The van der Waals surface area contributed by atoms with E-state index in [-0.39, 0.29) is 0 Å². The largest absolute Gasteiger partial charge is 0.324 e. The van der Waals surface area contributed by atoms with Gasteiger partial charge in [-0.15, -0.1) is 0 Å². The van der Waals surface area contributed by atoms with E-state index < -0.39 is 35.8 Å². The van der Waals surface area contributed by atoms with Gasteiger partial charge in [0, 0.05) is 43.8 Å². The van der Waals surface area contributed by atoms with Crippen molar-refractivity contribution in [3.8, 4) is 68.5 Å². The topological polar surface area (TPSA) is 146 Å². The van der Waals surface area contributed by atoms with Gasteiger partial charge in [0.15, 0.2) is 23.3 Å². The third kappa shape index (κ3) is 12.8. The number of aromatic nitrogens is 8. The molecule has 15 aromatic rings. The third-order valence-electron chi connectivity index (χ3n) is 20.3. The van der Waals surface area contributed by atoms with Gasteiger partial charge in [0.2, 0.25) is 0 Å². The number of nitrogens with one attached hydrogen (secondary N) is 2. The molecule has 12 aromatic carbocycles. The summed E-state index contributed by atoms with van der Waals surface area (Å²) < 4.78 is 30.3. The summed E-state index contributed by atoms with van der Waals surface area (Å²) in [5, 5.41) is 3.82. The monoisotopic (exact) mass is 1420 g/mol. The van der Waals surface area contributed by atoms with Crippen LogP contribution in [-0.2, 0) is 35.8 Å². The molecule has 0 fully saturated rings. The second-order valence-corrected chi connectivity index (χ2v) is 30.0. The number of benzene rings is 12. The average Bonchev–Trinajstić information content (AvgIpc) is 1.23. The van der Waals surface area contributed by atoms with Gasteiger partial charge in [0.1, 0.15) is 22.6 Å². The van der Waals surface area contributed by atoms with E-state index in [1.165, 1.54) is 0 Å². The molecule has 17 rings (SSSR count). The van der Waals surface area contributed by atoms with E-state index in [4.69, 9.17) is 45.2 Å². The molecule has 2 N–H and O–H groups in total. The summed E-state index contributed by atoms with van der Waals surface area (Å²) >= 11 is -3.58. The normalized spacial score (nSPS) is 12.3. The van der Waals surface area contributed by atoms with E-state index in [9.17, 15) is 0 Å². The Hall–Kier alpha value is -12.3. The van der Waals surface area contributed by atoms with Crippen molar-refractivity contribution in [2.24, 2.45) is 0 Å². The number of fused-ring (bicyclic) bond motifs is 20. The van der Waals surface area contributed by atoms with Gasteiger partial charge in [-0.3, -0.25) is 0 Å². The van der Waals surface area contributed by atoms with Gasteiger partial charge in [0.25, 0.3) is 0 Å². The van der Waals surface area contributed by atoms with Gasteiger partial charge < -0.3 is 9.97 Å². The fourth-order valence-electron chi connectivity index (χ4n) is 14.2. The summed E-state index contributed by atoms with van der Waals surface area (Å²) in [5.41, 5.74) is 12.8. The van der Waals surface area contributed by atoms with Gasteiger partial charge in [0.05, 0.1) is 0 Å². The van der Waals surface area contributed by atoms with Crippen molar-refractivity contribution in [2.45, 2.75) is 77.0 Å². The molecule has 521 valence electrons. The number of para-hydroxylation sites is 4. The zero-order chi connectivity index (χ0) is 71.9. The van der Waals surface area contributed by atoms with E-state index >= 15 is 0 Å². The van der Waals surface area contributed by atoms with Gasteiger partial charge in [-0.1, -0.05) is 97.1 Å². The van der Waals surface area contributed by atoms with E-state index in [1.807, 2.05) is 170 Å². The molecular formula is C92H78CuN8O4. The van der Waals surface area contributed by atoms with Crippen LogP contribution in [0.4, 0.5) is 0 Å². The van der Waals surface area contributed by atoms with Crippen molar-refractivity contribution in [1.82, 2.24) is 39.9 Å². The number of nitrogens with zero attached hydrogens (tertiary/aromatic N) is 6. The van der Waals surface area contributed by atoms with Crippen molar-refractivity contribution >= 4 is 44.1 Å². The van der Waals surface area contributed by atoms with Crippen molar-refractivity contribution in [1.29, 1.82) is 0 Å². The summed E-state index contributed by atoms with van der Waals surface area (Å²) in [7, 11) is 0. The van der Waals surface area contributed by atoms with Crippen LogP contribution >= 0.6 is 0 Å². The van der Waals surface area contributed by atoms with E-state index in [0.29, 0.717) is 68.9 Å². The van der Waals surface area contributed by atoms with Crippen LogP contribution in [-0.4, -0.2) is 39.9 Å². The molecule has 13 heteroatoms. The average molecular weight is 1420 g/mol. The van der Waals surface area contributed by atoms with Crippen LogP contribution in [0.3, 0.4) is 0 Å². The van der Waals surface area contributed by atoms with Crippen LogP contribution in [0.2, 0.25) is 0 Å². The molecule has 2 aliphatic heterocycles. The first-order chi connectivity index (χ1) is 51.0. The van der Waals surface area contributed by atoms with Crippen LogP contribution in [0.15, 0.2) is 315 Å². The number of aromatic amines is 2. The zero-order valence-electron chi connectivity index (χ0n) is 59.6. The molecular weight excluding hydrogens is 1340 g/mol. The van der Waals surface area contributed by atoms with E-state index in [1.54, 1.807) is 0 Å². The van der Waals surface area contributed by atoms with Gasteiger partial charge in [-0.25, -0.2) is 29.9 Å². The molecule has 8 bridgehead atoms. The van der Waals surface area contributed by atoms with Gasteiger partial charge in [-0.2, -0.15) is 0 Å². The van der Waals surface area contributed by atoms with Gasteiger partial charge >= 0.3 is 392 Å². The first-order valence-corrected chi connectivity index (χ1v) is 36.8. The summed E-state index contributed by atoms with van der Waals surface area (Å²) in [6.07, 6.45) is 0. The molecule has 0 unspecified atom stereocenters. The maximum Gasteiger partial charge on any atom is 0.164 e. The molecule has 2 aliphatic rings. The first-order valence-electron chi connectivity index (χ1n) is 35.3. The minimum Gasteiger partial charge on any atom is -0.324 e. The molecule has 3 aromatic heterocycles. The molecule has 105 heavy (non-hydrogen) atoms. The van der Waals surface area contributed by atoms with E-state index in [0.717, 1.165) is 88.3 Å². The van der Waals surface area contributed by atoms with Crippen LogP contribution in [0, 0.1) is 0 Å². The fourth-order valence-corrected chi connectivity index (χ4v) is 16.1. The fraction of sp³-hybridized carbons (Fsp3) is 0.130. The molecule has 0 radical (unpaired) electrons. The van der Waals surface area contributed by atoms with Crippen LogP contribution in [0.5, 0.6) is 23.0 Å². The number of H-pyrrole nitrogens is 2. The zero-order valence-corrected chi connectivity index (χ0v) is 60.6. The summed E-state index contributed by atoms with van der Waals surface area (Å²) in [6.45, 7) is 17.8. The maximum absolute atomic E-state index is 7.58. The predicted molar refractivity (Wildman–Crippen MR) is 419 cm³/mol. The number of hydrogen-bond acceptors (Lipinski definition) is 10. The molecule has 0 spiro atoms. The Morgan fingerprint density at radius 1 is 0.219 bits per heavy atom. The summed E-state index contributed by atoms with van der Waals surface area (Å²) in [6, 6.07) is 107. The van der Waals surface area contributed by atoms with Crippen molar-refractivity contribution in [3.05, 3.63) is 360 Å². The van der Waals surface area contributed by atoms with Crippen LogP contribution < -0.4 is 15.3 Å². The SMILES string of the molecule is CC(C)(c1ccccc1)c1ccccc1[O][Cu]([O]c1ccccc1C(C)(C)c1ccccc1)([O]c1ccccc1C(C)(C)c1ccccc1)[O]c1ccccc1C(C)(C)c1ccccc1.c1ccc2c(c1)-c1nc-2nc2[nH]c(nc3nc(nc4[nH]c(n1)c1ccccc41)-c1ccccc1-3)c1ccccc21. The second-order valence-electron chi connectivity index (χ2n) is 28.3. The van der Waals surface area contributed by atoms with Crippen molar-refractivity contribution < 1.29 is 29.4 Å². The summed E-state index contributed by atoms with van der Waals surface area (Å²) in [5.74, 6) is 4.70. The Labute approximate surface area is 615 Å². The van der Waals surface area contributed by atoms with Crippen molar-refractivity contribution in [2.75, 3.05) is 0 Å². The van der Waals surface area contributed by atoms with Crippen LogP contribution in [0.1, 0.15) is 99.9 Å². The minimum absolute atomic E-state index is 0.490. The third-order valence-corrected chi connectivity index (χ3v) is 22.0. The molecule has 12 nitrogen and oxygen atoms in total. The summed E-state index contributed by atoms with van der Waals surface area (Å²) in [4.78, 5) is 36.8. The minimum atomic E-state index is -3.58. The second kappa shape index (κ2) is 27.5. The smallest absolute Gasteiger partial charge is 0.164 e. The Bertz CT molecular complexity index is 5190. The molecule has 0 saturated carbocycles. The molecule has 0 amide bonds. The quantitative estimate of drug-likeness (QED) is 0.0897. The first kappa shape index (κ1) is 67.2. The Morgan fingerprint density at radius 3 is 0.638 bits per heavy atom. The Morgan fingerprint density at radius 2 is 0.410 bits per heavy atom. The van der Waals surface area contributed by atoms with Crippen LogP contribution in [0.25, 0.3) is 89.7 Å². The van der Waals surface area contributed by atoms with Gasteiger partial charge in [-0.05, 0) is 0 Å². The number of hydrogen-bond donors (Lipinski definition) is 2. The predicted octanol–water partition coefficient (Wildman–Crippen LogP) is 22.3. The molecule has 5 heterocycles. The number of rotatable bonds is 16.